The van der Waals surface area contributed by atoms with Gasteiger partial charge in [0.15, 0.2) is 0 Å². The van der Waals surface area contributed by atoms with Crippen LogP contribution in [-0.4, -0.2) is 37.6 Å². The molecule has 0 spiro atoms. The van der Waals surface area contributed by atoms with Crippen molar-refractivity contribution in [2.75, 3.05) is 32.5 Å². The molecule has 0 radical (unpaired) electrons. The van der Waals surface area contributed by atoms with E-state index in [1.54, 1.807) is 18.4 Å². The number of nitrogens with zero attached hydrogens (tertiary/aromatic N) is 1. The number of fused-ring (bicyclic) bond motifs is 1. The molecule has 112 valence electrons. The molecule has 1 aliphatic heterocycles. The van der Waals surface area contributed by atoms with Gasteiger partial charge in [0.25, 0.3) is 5.91 Å². The molecule has 1 aliphatic rings. The molecule has 1 aromatic heterocycles. The topological polar surface area (TPSA) is 55.6 Å². The van der Waals surface area contributed by atoms with E-state index >= 15 is 0 Å². The molecule has 0 aliphatic carbocycles. The molecule has 1 atom stereocenters. The Bertz CT molecular complexity index is 651. The zero-order chi connectivity index (χ0) is 14.8. The van der Waals surface area contributed by atoms with Crippen molar-refractivity contribution in [3.63, 3.8) is 0 Å². The lowest BCUT2D eigenvalue weighted by Gasteiger charge is -2.32. The molecule has 1 unspecified atom stereocenters. The fourth-order valence-electron chi connectivity index (χ4n) is 2.94. The van der Waals surface area contributed by atoms with Crippen molar-refractivity contribution < 1.29 is 9.53 Å². The zero-order valence-electron chi connectivity index (χ0n) is 12.2. The Morgan fingerprint density at radius 2 is 2.33 bits per heavy atom. The van der Waals surface area contributed by atoms with Crippen LogP contribution in [-0.2, 0) is 4.74 Å². The number of thiophene rings is 1. The van der Waals surface area contributed by atoms with Gasteiger partial charge < -0.3 is 15.4 Å². The molecule has 1 saturated heterocycles. The highest BCUT2D eigenvalue weighted by Crippen LogP contribution is 2.29. The number of rotatable bonds is 3. The lowest BCUT2D eigenvalue weighted by Crippen LogP contribution is -2.40. The predicted molar refractivity (Wildman–Crippen MR) is 86.7 cm³/mol. The second kappa shape index (κ2) is 6.03. The van der Waals surface area contributed by atoms with Crippen LogP contribution < -0.4 is 5.73 Å². The number of hydrogen-bond donors (Lipinski definition) is 1. The molecule has 1 amide bonds. The molecular weight excluding hydrogens is 284 g/mol. The van der Waals surface area contributed by atoms with Gasteiger partial charge in [-0.15, -0.1) is 11.3 Å². The van der Waals surface area contributed by atoms with E-state index in [1.807, 2.05) is 29.2 Å². The lowest BCUT2D eigenvalue weighted by molar-refractivity contribution is 0.0575. The number of ether oxygens (including phenoxy) is 1. The van der Waals surface area contributed by atoms with E-state index in [2.05, 4.69) is 0 Å². The second-order valence-corrected chi connectivity index (χ2v) is 6.71. The summed E-state index contributed by atoms with van der Waals surface area (Å²) in [7, 11) is 1.72. The zero-order valence-corrected chi connectivity index (χ0v) is 13.0. The number of nitrogen functional groups attached to an aromatic ring is 1. The van der Waals surface area contributed by atoms with Gasteiger partial charge in [-0.2, -0.15) is 0 Å². The SMILES string of the molecule is COCC1CCCN(C(=O)c2cc3cc(N)ccc3s2)C1. The van der Waals surface area contributed by atoms with Crippen LogP contribution in [0.1, 0.15) is 22.5 Å². The molecule has 0 bridgehead atoms. The summed E-state index contributed by atoms with van der Waals surface area (Å²) in [6, 6.07) is 7.74. The van der Waals surface area contributed by atoms with Gasteiger partial charge in [0.1, 0.15) is 0 Å². The Morgan fingerprint density at radius 1 is 1.48 bits per heavy atom. The molecule has 1 aromatic carbocycles. The number of methoxy groups -OCH3 is 1. The smallest absolute Gasteiger partial charge is 0.263 e. The van der Waals surface area contributed by atoms with Crippen LogP contribution in [0, 0.1) is 5.92 Å². The number of hydrogen-bond acceptors (Lipinski definition) is 4. The van der Waals surface area contributed by atoms with Crippen molar-refractivity contribution in [1.82, 2.24) is 4.90 Å². The van der Waals surface area contributed by atoms with Gasteiger partial charge in [0, 0.05) is 30.6 Å². The lowest BCUT2D eigenvalue weighted by atomic mass is 9.99. The maximum absolute atomic E-state index is 12.7. The molecule has 2 N–H and O–H groups in total. The summed E-state index contributed by atoms with van der Waals surface area (Å²) >= 11 is 1.54. The summed E-state index contributed by atoms with van der Waals surface area (Å²) in [5.74, 6) is 0.591. The van der Waals surface area contributed by atoms with Crippen LogP contribution >= 0.6 is 11.3 Å². The van der Waals surface area contributed by atoms with Crippen LogP contribution in [0.25, 0.3) is 10.1 Å². The standard InChI is InChI=1S/C16H20N2O2S/c1-20-10-11-3-2-6-18(9-11)16(19)15-8-12-7-13(17)4-5-14(12)21-15/h4-5,7-8,11H,2-3,6,9-10,17H2,1H3. The van der Waals surface area contributed by atoms with E-state index in [1.165, 1.54) is 0 Å². The first-order valence-corrected chi connectivity index (χ1v) is 8.06. The van der Waals surface area contributed by atoms with E-state index in [0.717, 1.165) is 53.2 Å². The van der Waals surface area contributed by atoms with E-state index in [-0.39, 0.29) is 5.91 Å². The maximum Gasteiger partial charge on any atom is 0.263 e. The van der Waals surface area contributed by atoms with E-state index in [0.29, 0.717) is 5.92 Å². The number of amides is 1. The van der Waals surface area contributed by atoms with Crippen LogP contribution in [0.4, 0.5) is 5.69 Å². The van der Waals surface area contributed by atoms with Crippen LogP contribution in [0.3, 0.4) is 0 Å². The molecule has 2 heterocycles. The second-order valence-electron chi connectivity index (χ2n) is 5.62. The van der Waals surface area contributed by atoms with Gasteiger partial charge in [-0.3, -0.25) is 4.79 Å². The Balaban J connectivity index is 1.79. The minimum atomic E-state index is 0.135. The molecule has 21 heavy (non-hydrogen) atoms. The summed E-state index contributed by atoms with van der Waals surface area (Å²) < 4.78 is 6.34. The van der Waals surface area contributed by atoms with Gasteiger partial charge in [-0.1, -0.05) is 0 Å². The Kier molecular flexibility index (Phi) is 4.12. The number of piperidine rings is 1. The molecule has 2 aromatic rings. The minimum absolute atomic E-state index is 0.135. The summed E-state index contributed by atoms with van der Waals surface area (Å²) in [5.41, 5.74) is 6.53. The summed E-state index contributed by atoms with van der Waals surface area (Å²) in [5, 5.41) is 1.05. The minimum Gasteiger partial charge on any atom is -0.399 e. The largest absolute Gasteiger partial charge is 0.399 e. The summed E-state index contributed by atoms with van der Waals surface area (Å²) in [6.45, 7) is 2.37. The predicted octanol–water partition coefficient (Wildman–Crippen LogP) is 2.98. The first kappa shape index (κ1) is 14.4. The quantitative estimate of drug-likeness (QED) is 0.887. The van der Waals surface area contributed by atoms with Gasteiger partial charge in [-0.05, 0) is 48.4 Å². The van der Waals surface area contributed by atoms with Gasteiger partial charge in [0.2, 0.25) is 0 Å². The molecule has 0 saturated carbocycles. The van der Waals surface area contributed by atoms with E-state index in [4.69, 9.17) is 10.5 Å². The van der Waals surface area contributed by atoms with Crippen LogP contribution in [0.15, 0.2) is 24.3 Å². The van der Waals surface area contributed by atoms with Crippen molar-refractivity contribution in [1.29, 1.82) is 0 Å². The summed E-state index contributed by atoms with van der Waals surface area (Å²) in [4.78, 5) is 15.4. The average Bonchev–Trinajstić information content (AvgIpc) is 2.90. The van der Waals surface area contributed by atoms with Gasteiger partial charge >= 0.3 is 0 Å². The summed E-state index contributed by atoms with van der Waals surface area (Å²) in [6.07, 6.45) is 2.19. The highest BCUT2D eigenvalue weighted by atomic mass is 32.1. The average molecular weight is 304 g/mol. The highest BCUT2D eigenvalue weighted by Gasteiger charge is 2.25. The number of benzene rings is 1. The molecule has 5 heteroatoms. The third-order valence-corrected chi connectivity index (χ3v) is 5.06. The molecule has 4 nitrogen and oxygen atoms in total. The molecule has 1 fully saturated rings. The molecule has 3 rings (SSSR count). The number of carbonyl (C=O) groups is 1. The van der Waals surface area contributed by atoms with Crippen molar-refractivity contribution >= 4 is 33.0 Å². The van der Waals surface area contributed by atoms with Crippen molar-refractivity contribution in [3.05, 3.63) is 29.1 Å². The van der Waals surface area contributed by atoms with Crippen molar-refractivity contribution in [2.45, 2.75) is 12.8 Å². The fraction of sp³-hybridized carbons (Fsp3) is 0.438. The third kappa shape index (κ3) is 3.04. The monoisotopic (exact) mass is 304 g/mol. The van der Waals surface area contributed by atoms with Crippen molar-refractivity contribution in [3.8, 4) is 0 Å². The van der Waals surface area contributed by atoms with E-state index < -0.39 is 0 Å². The number of carbonyl (C=O) groups excluding carboxylic acids is 1. The van der Waals surface area contributed by atoms with Gasteiger partial charge in [-0.25, -0.2) is 0 Å². The molecular formula is C16H20N2O2S. The normalized spacial score (nSPS) is 19.1. The first-order chi connectivity index (χ1) is 10.2. The Labute approximate surface area is 128 Å². The fourth-order valence-corrected chi connectivity index (χ4v) is 3.96. The van der Waals surface area contributed by atoms with Gasteiger partial charge in [0.05, 0.1) is 11.5 Å². The van der Waals surface area contributed by atoms with Crippen molar-refractivity contribution in [2.24, 2.45) is 5.92 Å². The number of nitrogens with two attached hydrogens (primary N) is 1. The maximum atomic E-state index is 12.7. The Hall–Kier alpha value is -1.59. The Morgan fingerprint density at radius 3 is 3.14 bits per heavy atom. The number of anilines is 1. The highest BCUT2D eigenvalue weighted by molar-refractivity contribution is 7.20. The first-order valence-electron chi connectivity index (χ1n) is 7.24. The number of likely N-dealkylation sites (tertiary alicyclic amines) is 1. The van der Waals surface area contributed by atoms with E-state index in [9.17, 15) is 4.79 Å². The van der Waals surface area contributed by atoms with Crippen LogP contribution in [0.2, 0.25) is 0 Å². The third-order valence-electron chi connectivity index (χ3n) is 3.96. The van der Waals surface area contributed by atoms with Crippen LogP contribution in [0.5, 0.6) is 0 Å².